The molecule has 6 nitrogen and oxygen atoms in total. The largest absolute Gasteiger partial charge is 0.366 e. The lowest BCUT2D eigenvalue weighted by Crippen LogP contribution is -2.55. The van der Waals surface area contributed by atoms with Crippen molar-refractivity contribution in [2.75, 3.05) is 13.2 Å². The quantitative estimate of drug-likeness (QED) is 0.142. The lowest BCUT2D eigenvalue weighted by molar-refractivity contribution is 0.206. The summed E-state index contributed by atoms with van der Waals surface area (Å²) in [5, 5.41) is 0.298. The number of rotatable bonds is 10. The van der Waals surface area contributed by atoms with E-state index in [1.807, 2.05) is 0 Å². The Morgan fingerprint density at radius 2 is 1.50 bits per heavy atom. The normalized spacial score (nSPS) is 14.8. The van der Waals surface area contributed by atoms with Crippen molar-refractivity contribution < 1.29 is 26.4 Å². The van der Waals surface area contributed by atoms with Gasteiger partial charge in [-0.15, -0.1) is 0 Å². The highest BCUT2D eigenvalue weighted by molar-refractivity contribution is 8.07. The standard InChI is InChI=1S/C18H19Cl4FNO5PS2/c1-3-28-30(25,29-4-2)18(17(20,21)22,31-15-9-7-14(23)8-10-15)24-32(26,27)16-11-5-13(19)6-12-16/h5-12,24H,3-4H2,1-2H3. The molecule has 32 heavy (non-hydrogen) atoms. The van der Waals surface area contributed by atoms with E-state index < -0.39 is 31.8 Å². The van der Waals surface area contributed by atoms with E-state index in [1.165, 1.54) is 50.2 Å². The van der Waals surface area contributed by atoms with Crippen molar-refractivity contribution in [1.29, 1.82) is 0 Å². The molecule has 2 aromatic rings. The van der Waals surface area contributed by atoms with E-state index in [0.29, 0.717) is 16.8 Å². The van der Waals surface area contributed by atoms with Crippen LogP contribution in [0.5, 0.6) is 0 Å². The minimum atomic E-state index is -4.53. The van der Waals surface area contributed by atoms with Crippen LogP contribution in [0.4, 0.5) is 4.39 Å². The predicted octanol–water partition coefficient (Wildman–Crippen LogP) is 6.84. The lowest BCUT2D eigenvalue weighted by atomic mass is 10.4. The average molecular weight is 585 g/mol. The summed E-state index contributed by atoms with van der Waals surface area (Å²) in [6, 6.07) is 10.0. The molecule has 0 aliphatic heterocycles. The van der Waals surface area contributed by atoms with Gasteiger partial charge in [0, 0.05) is 9.92 Å². The first-order chi connectivity index (χ1) is 14.8. The van der Waals surface area contributed by atoms with Crippen molar-refractivity contribution in [3.05, 3.63) is 59.4 Å². The zero-order chi connectivity index (χ0) is 24.2. The van der Waals surface area contributed by atoms with E-state index in [0.717, 1.165) is 12.1 Å². The Hall–Kier alpha value is -0.0600. The first-order valence-electron chi connectivity index (χ1n) is 9.00. The van der Waals surface area contributed by atoms with Gasteiger partial charge in [0.2, 0.25) is 18.4 Å². The maximum atomic E-state index is 14.0. The smallest absolute Gasteiger partial charge is 0.307 e. The van der Waals surface area contributed by atoms with Crippen LogP contribution in [0.1, 0.15) is 13.8 Å². The van der Waals surface area contributed by atoms with Crippen LogP contribution in [-0.4, -0.2) is 30.0 Å². The van der Waals surface area contributed by atoms with Gasteiger partial charge >= 0.3 is 7.60 Å². The van der Waals surface area contributed by atoms with Gasteiger partial charge in [-0.2, -0.15) is 4.72 Å². The second-order valence-electron chi connectivity index (χ2n) is 6.09. The molecule has 1 unspecified atom stereocenters. The predicted molar refractivity (Wildman–Crippen MR) is 128 cm³/mol. The van der Waals surface area contributed by atoms with Gasteiger partial charge in [0.15, 0.2) is 0 Å². The SMILES string of the molecule is CCOP(=O)(OCC)C(NS(=O)(=O)c1ccc(Cl)cc1)(Sc1ccc(F)cc1)C(Cl)(Cl)Cl. The summed E-state index contributed by atoms with van der Waals surface area (Å²) >= 11 is 25.2. The highest BCUT2D eigenvalue weighted by atomic mass is 35.6. The Morgan fingerprint density at radius 1 is 1.00 bits per heavy atom. The zero-order valence-corrected chi connectivity index (χ0v) is 22.3. The van der Waals surface area contributed by atoms with E-state index in [4.69, 9.17) is 55.5 Å². The number of halogens is 5. The molecule has 0 fully saturated rings. The van der Waals surface area contributed by atoms with Gasteiger partial charge in [-0.3, -0.25) is 4.57 Å². The third kappa shape index (κ3) is 6.33. The average Bonchev–Trinajstić information content (AvgIpc) is 2.68. The van der Waals surface area contributed by atoms with Gasteiger partial charge in [0.1, 0.15) is 5.82 Å². The highest BCUT2D eigenvalue weighted by Gasteiger charge is 2.66. The summed E-state index contributed by atoms with van der Waals surface area (Å²) in [5.41, 5.74) is 0. The molecule has 0 spiro atoms. The molecule has 0 aromatic heterocycles. The molecule has 1 N–H and O–H groups in total. The van der Waals surface area contributed by atoms with Crippen molar-refractivity contribution in [1.82, 2.24) is 4.72 Å². The van der Waals surface area contributed by atoms with Gasteiger partial charge in [0.05, 0.1) is 18.1 Å². The van der Waals surface area contributed by atoms with Crippen LogP contribution >= 0.6 is 65.8 Å². The molecule has 0 aliphatic rings. The molecule has 0 bridgehead atoms. The van der Waals surface area contributed by atoms with E-state index >= 15 is 0 Å². The number of thioether (sulfide) groups is 1. The van der Waals surface area contributed by atoms with Crippen LogP contribution < -0.4 is 4.72 Å². The molecule has 0 aliphatic carbocycles. The van der Waals surface area contributed by atoms with Crippen molar-refractivity contribution in [2.45, 2.75) is 32.0 Å². The van der Waals surface area contributed by atoms with Gasteiger partial charge < -0.3 is 9.05 Å². The minimum absolute atomic E-state index is 0.146. The molecule has 1 atom stereocenters. The third-order valence-electron chi connectivity index (χ3n) is 3.84. The van der Waals surface area contributed by atoms with Crippen LogP contribution in [0.25, 0.3) is 0 Å². The molecule has 0 heterocycles. The molecule has 2 aromatic carbocycles. The number of hydrogen-bond acceptors (Lipinski definition) is 6. The lowest BCUT2D eigenvalue weighted by Gasteiger charge is -2.42. The summed E-state index contributed by atoms with van der Waals surface area (Å²) in [5.74, 6) is -0.548. The monoisotopic (exact) mass is 583 g/mol. The van der Waals surface area contributed by atoms with E-state index in [2.05, 4.69) is 4.72 Å². The summed E-state index contributed by atoms with van der Waals surface area (Å²) in [4.78, 5) is -0.00376. The van der Waals surface area contributed by atoms with Crippen LogP contribution in [0.2, 0.25) is 5.02 Å². The number of sulfonamides is 1. The molecule has 0 saturated heterocycles. The van der Waals surface area contributed by atoms with Crippen molar-refractivity contribution in [2.24, 2.45) is 0 Å². The topological polar surface area (TPSA) is 81.7 Å². The molecule has 0 saturated carbocycles. The van der Waals surface area contributed by atoms with Crippen molar-refractivity contribution in [3.8, 4) is 0 Å². The Kier molecular flexibility index (Phi) is 9.79. The zero-order valence-electron chi connectivity index (χ0n) is 16.7. The number of alkyl halides is 3. The first-order valence-corrected chi connectivity index (χ1v) is 14.4. The van der Waals surface area contributed by atoms with Crippen LogP contribution in [0, 0.1) is 5.82 Å². The molecule has 2 rings (SSSR count). The van der Waals surface area contributed by atoms with Crippen molar-refractivity contribution in [3.63, 3.8) is 0 Å². The first kappa shape index (κ1) is 28.2. The molecular formula is C18H19Cl4FNO5PS2. The number of hydrogen-bond donors (Lipinski definition) is 1. The van der Waals surface area contributed by atoms with E-state index in [9.17, 15) is 17.4 Å². The molecule has 0 radical (unpaired) electrons. The van der Waals surface area contributed by atoms with Crippen LogP contribution in [-0.2, 0) is 23.6 Å². The summed E-state index contributed by atoms with van der Waals surface area (Å²) in [6.45, 7) is 2.75. The Balaban J connectivity index is 2.75. The Morgan fingerprint density at radius 3 is 1.94 bits per heavy atom. The fourth-order valence-corrected chi connectivity index (χ4v) is 9.88. The van der Waals surface area contributed by atoms with Gasteiger partial charge in [-0.05, 0) is 62.4 Å². The summed E-state index contributed by atoms with van der Waals surface area (Å²) < 4.78 is 61.9. The maximum Gasteiger partial charge on any atom is 0.366 e. The molecular weight excluding hydrogens is 566 g/mol. The van der Waals surface area contributed by atoms with E-state index in [1.54, 1.807) is 0 Å². The number of benzene rings is 2. The fourth-order valence-electron chi connectivity index (χ4n) is 2.49. The summed E-state index contributed by atoms with van der Waals surface area (Å²) in [6.07, 6.45) is 0. The molecule has 178 valence electrons. The molecule has 14 heteroatoms. The Bertz CT molecular complexity index is 1060. The second-order valence-corrected chi connectivity index (χ2v) is 14.3. The summed E-state index contributed by atoms with van der Waals surface area (Å²) in [7, 11) is -8.98. The second kappa shape index (κ2) is 11.1. The highest BCUT2D eigenvalue weighted by Crippen LogP contribution is 2.72. The third-order valence-corrected chi connectivity index (χ3v) is 12.0. The van der Waals surface area contributed by atoms with Gasteiger partial charge in [-0.25, -0.2) is 12.8 Å². The fraction of sp³-hybridized carbons (Fsp3) is 0.333. The number of nitrogens with one attached hydrogen (secondary N) is 1. The van der Waals surface area contributed by atoms with E-state index in [-0.39, 0.29) is 23.0 Å². The van der Waals surface area contributed by atoms with Crippen LogP contribution in [0.15, 0.2) is 58.3 Å². The van der Waals surface area contributed by atoms with Crippen molar-refractivity contribution >= 4 is 75.8 Å². The van der Waals surface area contributed by atoms with Gasteiger partial charge in [0.25, 0.3) is 0 Å². The Labute approximate surface area is 210 Å². The van der Waals surface area contributed by atoms with Crippen LogP contribution in [0.3, 0.4) is 0 Å². The minimum Gasteiger partial charge on any atom is -0.307 e. The molecule has 0 amide bonds. The maximum absolute atomic E-state index is 14.0. The van der Waals surface area contributed by atoms with Gasteiger partial charge in [-0.1, -0.05) is 58.2 Å².